The molecule has 8 nitrogen and oxygen atoms in total. The van der Waals surface area contributed by atoms with E-state index in [4.69, 9.17) is 25.9 Å². The van der Waals surface area contributed by atoms with Crippen LogP contribution in [0.4, 0.5) is 4.39 Å². The van der Waals surface area contributed by atoms with Gasteiger partial charge in [0.2, 0.25) is 11.6 Å². The molecule has 0 aliphatic rings. The van der Waals surface area contributed by atoms with Gasteiger partial charge in [-0.1, -0.05) is 22.8 Å². The minimum Gasteiger partial charge on any atom is -0.452 e. The number of likely N-dealkylation sites (N-methyl/N-ethyl adjacent to an activating group) is 1. The number of nitrogens with zero attached hydrogens (tertiary/aromatic N) is 3. The maximum Gasteiger partial charge on any atom is 0.273 e. The summed E-state index contributed by atoms with van der Waals surface area (Å²) in [5, 5.41) is 6.69. The summed E-state index contributed by atoms with van der Waals surface area (Å²) in [5.41, 5.74) is 0.593. The van der Waals surface area contributed by atoms with Crippen molar-refractivity contribution in [1.29, 1.82) is 0 Å². The van der Waals surface area contributed by atoms with E-state index in [1.54, 1.807) is 25.1 Å². The standard InChI is InChI=1S/C21H18ClFN4O4/c1-12-14(22)5-4-6-16(12)30-19-13(18(27-29-3)21(28)24-2)7-8-15(23)20(19)31-17-9-10-25-11-26-17/h4-11H,1-3H3,(H,24,28). The van der Waals surface area contributed by atoms with Gasteiger partial charge in [0.25, 0.3) is 5.91 Å². The third-order valence-corrected chi connectivity index (χ3v) is 4.54. The zero-order chi connectivity index (χ0) is 22.4. The Morgan fingerprint density at radius 2 is 1.97 bits per heavy atom. The van der Waals surface area contributed by atoms with Crippen molar-refractivity contribution in [1.82, 2.24) is 15.3 Å². The number of hydrogen-bond donors (Lipinski definition) is 1. The van der Waals surface area contributed by atoms with Crippen molar-refractivity contribution in [3.63, 3.8) is 0 Å². The first kappa shape index (κ1) is 22.0. The summed E-state index contributed by atoms with van der Waals surface area (Å²) in [4.78, 5) is 25.0. The molecule has 0 spiro atoms. The normalized spacial score (nSPS) is 11.1. The van der Waals surface area contributed by atoms with Gasteiger partial charge < -0.3 is 19.6 Å². The van der Waals surface area contributed by atoms with E-state index in [-0.39, 0.29) is 28.7 Å². The Morgan fingerprint density at radius 3 is 2.65 bits per heavy atom. The largest absolute Gasteiger partial charge is 0.452 e. The number of oxime groups is 1. The second kappa shape index (κ2) is 9.86. The van der Waals surface area contributed by atoms with Gasteiger partial charge in [0.05, 0.1) is 5.56 Å². The molecular formula is C21H18ClFN4O4. The van der Waals surface area contributed by atoms with E-state index < -0.39 is 11.7 Å². The van der Waals surface area contributed by atoms with Crippen molar-refractivity contribution in [3.05, 3.63) is 70.9 Å². The predicted molar refractivity (Wildman–Crippen MR) is 112 cm³/mol. The smallest absolute Gasteiger partial charge is 0.273 e. The van der Waals surface area contributed by atoms with Crippen molar-refractivity contribution < 1.29 is 23.5 Å². The number of amides is 1. The van der Waals surface area contributed by atoms with Gasteiger partial charge in [-0.15, -0.1) is 0 Å². The number of hydrogen-bond acceptors (Lipinski definition) is 7. The number of rotatable bonds is 7. The first-order chi connectivity index (χ1) is 15.0. The van der Waals surface area contributed by atoms with E-state index in [9.17, 15) is 9.18 Å². The SMILES string of the molecule is CNC(=O)C(=NOC)c1ccc(F)c(Oc2ccncn2)c1Oc1cccc(Cl)c1C. The molecule has 1 amide bonds. The Morgan fingerprint density at radius 1 is 1.16 bits per heavy atom. The highest BCUT2D eigenvalue weighted by Crippen LogP contribution is 2.41. The van der Waals surface area contributed by atoms with Gasteiger partial charge in [0, 0.05) is 29.9 Å². The van der Waals surface area contributed by atoms with Gasteiger partial charge in [-0.2, -0.15) is 0 Å². The van der Waals surface area contributed by atoms with Gasteiger partial charge in [0.15, 0.2) is 17.3 Å². The van der Waals surface area contributed by atoms with E-state index in [0.29, 0.717) is 16.3 Å². The lowest BCUT2D eigenvalue weighted by Gasteiger charge is -2.18. The van der Waals surface area contributed by atoms with E-state index in [1.807, 2.05) is 0 Å². The Bertz CT molecular complexity index is 1130. The van der Waals surface area contributed by atoms with E-state index >= 15 is 0 Å². The van der Waals surface area contributed by atoms with Gasteiger partial charge in [-0.25, -0.2) is 14.4 Å². The molecule has 0 bridgehead atoms. The van der Waals surface area contributed by atoms with Crippen molar-refractivity contribution in [2.45, 2.75) is 6.92 Å². The van der Waals surface area contributed by atoms with Gasteiger partial charge in [-0.05, 0) is 31.2 Å². The van der Waals surface area contributed by atoms with Crippen LogP contribution in [0.5, 0.6) is 23.1 Å². The summed E-state index contributed by atoms with van der Waals surface area (Å²) in [6.45, 7) is 1.74. The van der Waals surface area contributed by atoms with Crippen LogP contribution in [-0.4, -0.2) is 35.7 Å². The first-order valence-electron chi connectivity index (χ1n) is 8.99. The van der Waals surface area contributed by atoms with Crippen molar-refractivity contribution in [2.24, 2.45) is 5.16 Å². The molecule has 1 N–H and O–H groups in total. The average Bonchev–Trinajstić information content (AvgIpc) is 2.78. The predicted octanol–water partition coefficient (Wildman–Crippen LogP) is 4.26. The molecule has 3 aromatic rings. The summed E-state index contributed by atoms with van der Waals surface area (Å²) in [6, 6.07) is 8.93. The second-order valence-corrected chi connectivity index (χ2v) is 6.48. The topological polar surface area (TPSA) is 94.9 Å². The Labute approximate surface area is 182 Å². The lowest BCUT2D eigenvalue weighted by atomic mass is 10.1. The summed E-state index contributed by atoms with van der Waals surface area (Å²) in [6.07, 6.45) is 2.69. The molecule has 31 heavy (non-hydrogen) atoms. The maximum absolute atomic E-state index is 14.9. The molecule has 2 aromatic carbocycles. The number of benzene rings is 2. The summed E-state index contributed by atoms with van der Waals surface area (Å²) < 4.78 is 26.6. The monoisotopic (exact) mass is 444 g/mol. The lowest BCUT2D eigenvalue weighted by Crippen LogP contribution is -2.29. The zero-order valence-electron chi connectivity index (χ0n) is 16.8. The summed E-state index contributed by atoms with van der Waals surface area (Å²) in [7, 11) is 2.71. The number of ether oxygens (including phenoxy) is 2. The molecule has 0 saturated carbocycles. The van der Waals surface area contributed by atoms with Crippen LogP contribution in [0.3, 0.4) is 0 Å². The lowest BCUT2D eigenvalue weighted by molar-refractivity contribution is -0.114. The molecule has 1 aromatic heterocycles. The molecule has 0 aliphatic heterocycles. The number of aromatic nitrogens is 2. The molecule has 0 atom stereocenters. The van der Waals surface area contributed by atoms with Crippen LogP contribution in [0.2, 0.25) is 5.02 Å². The highest BCUT2D eigenvalue weighted by molar-refractivity contribution is 6.45. The third-order valence-electron chi connectivity index (χ3n) is 4.14. The van der Waals surface area contributed by atoms with Crippen LogP contribution >= 0.6 is 11.6 Å². The van der Waals surface area contributed by atoms with Crippen LogP contribution in [0.15, 0.2) is 54.1 Å². The summed E-state index contributed by atoms with van der Waals surface area (Å²) >= 11 is 6.20. The minimum absolute atomic E-state index is 0.0730. The molecule has 0 saturated heterocycles. The fourth-order valence-corrected chi connectivity index (χ4v) is 2.76. The van der Waals surface area contributed by atoms with Gasteiger partial charge in [0.1, 0.15) is 19.2 Å². The molecule has 0 unspecified atom stereocenters. The van der Waals surface area contributed by atoms with Crippen LogP contribution in [0.25, 0.3) is 0 Å². The van der Waals surface area contributed by atoms with E-state index in [1.165, 1.54) is 38.8 Å². The van der Waals surface area contributed by atoms with Crippen molar-refractivity contribution in [3.8, 4) is 23.1 Å². The highest BCUT2D eigenvalue weighted by atomic mass is 35.5. The van der Waals surface area contributed by atoms with Crippen LogP contribution in [0, 0.1) is 12.7 Å². The Hall–Kier alpha value is -3.72. The van der Waals surface area contributed by atoms with Gasteiger partial charge in [-0.3, -0.25) is 4.79 Å². The second-order valence-electron chi connectivity index (χ2n) is 6.07. The summed E-state index contributed by atoms with van der Waals surface area (Å²) in [5.74, 6) is -1.32. The molecule has 0 aliphatic carbocycles. The van der Waals surface area contributed by atoms with Crippen LogP contribution in [-0.2, 0) is 9.63 Å². The molecule has 1 heterocycles. The zero-order valence-corrected chi connectivity index (χ0v) is 17.6. The first-order valence-corrected chi connectivity index (χ1v) is 9.37. The van der Waals surface area contributed by atoms with E-state index in [2.05, 4.69) is 20.4 Å². The molecular weight excluding hydrogens is 427 g/mol. The number of carbonyl (C=O) groups excluding carboxylic acids is 1. The fraction of sp³-hybridized carbons (Fsp3) is 0.143. The molecule has 0 radical (unpaired) electrons. The minimum atomic E-state index is -0.745. The molecule has 10 heteroatoms. The van der Waals surface area contributed by atoms with Crippen molar-refractivity contribution >= 4 is 23.2 Å². The third kappa shape index (κ3) is 4.89. The fourth-order valence-electron chi connectivity index (χ4n) is 2.60. The number of nitrogens with one attached hydrogen (secondary N) is 1. The van der Waals surface area contributed by atoms with Crippen molar-refractivity contribution in [2.75, 3.05) is 14.2 Å². The van der Waals surface area contributed by atoms with Crippen LogP contribution < -0.4 is 14.8 Å². The number of halogens is 2. The van der Waals surface area contributed by atoms with E-state index in [0.717, 1.165) is 6.07 Å². The average molecular weight is 445 g/mol. The highest BCUT2D eigenvalue weighted by Gasteiger charge is 2.26. The molecule has 3 rings (SSSR count). The number of carbonyl (C=O) groups is 1. The Balaban J connectivity index is 2.23. The molecule has 0 fully saturated rings. The van der Waals surface area contributed by atoms with Gasteiger partial charge >= 0.3 is 0 Å². The molecule has 160 valence electrons. The quantitative estimate of drug-likeness (QED) is 0.432. The maximum atomic E-state index is 14.9. The van der Waals surface area contributed by atoms with Crippen LogP contribution in [0.1, 0.15) is 11.1 Å². The Kier molecular flexibility index (Phi) is 6.99.